The zero-order valence-electron chi connectivity index (χ0n) is 29.9. The summed E-state index contributed by atoms with van der Waals surface area (Å²) in [5, 5.41) is 7.21. The van der Waals surface area contributed by atoms with E-state index >= 15 is 0 Å². The van der Waals surface area contributed by atoms with Crippen LogP contribution in [0.1, 0.15) is 0 Å². The maximum absolute atomic E-state index is 6.27. The first-order chi connectivity index (χ1) is 27.3. The quantitative estimate of drug-likeness (QED) is 0.172. The van der Waals surface area contributed by atoms with Crippen LogP contribution in [0.4, 0.5) is 17.1 Å². The number of hydrogen-bond acceptors (Lipinski definition) is 2. The Kier molecular flexibility index (Phi) is 7.17. The molecule has 0 unspecified atom stereocenters. The number of benzene rings is 9. The second-order valence-corrected chi connectivity index (χ2v) is 14.1. The van der Waals surface area contributed by atoms with Crippen LogP contribution in [0.25, 0.3) is 82.5 Å². The van der Waals surface area contributed by atoms with E-state index in [2.05, 4.69) is 204 Å². The predicted octanol–water partition coefficient (Wildman–Crippen LogP) is 14.6. The van der Waals surface area contributed by atoms with E-state index < -0.39 is 0 Å². The Bertz CT molecular complexity index is 3150. The summed E-state index contributed by atoms with van der Waals surface area (Å²) in [5.41, 5.74) is 13.3. The zero-order chi connectivity index (χ0) is 36.3. The highest BCUT2D eigenvalue weighted by atomic mass is 16.3. The third-order valence-electron chi connectivity index (χ3n) is 11.0. The molecule has 55 heavy (non-hydrogen) atoms. The van der Waals surface area contributed by atoms with Gasteiger partial charge in [-0.15, -0.1) is 0 Å². The van der Waals surface area contributed by atoms with Crippen LogP contribution < -0.4 is 4.90 Å². The Balaban J connectivity index is 1.01. The van der Waals surface area contributed by atoms with Crippen LogP contribution in [-0.2, 0) is 0 Å². The molecule has 0 N–H and O–H groups in total. The van der Waals surface area contributed by atoms with E-state index in [0.717, 1.165) is 55.8 Å². The van der Waals surface area contributed by atoms with Crippen LogP contribution in [0.15, 0.2) is 211 Å². The maximum atomic E-state index is 6.27. The summed E-state index contributed by atoms with van der Waals surface area (Å²) >= 11 is 0. The van der Waals surface area contributed by atoms with Gasteiger partial charge in [-0.3, -0.25) is 0 Å². The van der Waals surface area contributed by atoms with E-state index in [1.54, 1.807) is 0 Å². The molecule has 0 aliphatic carbocycles. The molecule has 0 aliphatic heterocycles. The Hall–Kier alpha value is -7.36. The second-order valence-electron chi connectivity index (χ2n) is 14.1. The molecule has 0 atom stereocenters. The summed E-state index contributed by atoms with van der Waals surface area (Å²) in [5.74, 6) is 0. The lowest BCUT2D eigenvalue weighted by Gasteiger charge is -2.27. The minimum Gasteiger partial charge on any atom is -0.456 e. The fraction of sp³-hybridized carbons (Fsp3) is 0. The van der Waals surface area contributed by atoms with Crippen molar-refractivity contribution in [2.45, 2.75) is 0 Å². The average molecular weight is 703 g/mol. The molecule has 3 nitrogen and oxygen atoms in total. The molecule has 0 bridgehead atoms. The maximum Gasteiger partial charge on any atom is 0.136 e. The van der Waals surface area contributed by atoms with E-state index in [9.17, 15) is 0 Å². The molecule has 11 aromatic rings. The molecular formula is C52H34N2O. The summed E-state index contributed by atoms with van der Waals surface area (Å²) in [6, 6.07) is 73.9. The van der Waals surface area contributed by atoms with Crippen molar-refractivity contribution in [1.82, 2.24) is 4.57 Å². The monoisotopic (exact) mass is 702 g/mol. The molecule has 258 valence electrons. The van der Waals surface area contributed by atoms with Crippen LogP contribution in [0.5, 0.6) is 0 Å². The smallest absolute Gasteiger partial charge is 0.136 e. The van der Waals surface area contributed by atoms with Gasteiger partial charge < -0.3 is 13.9 Å². The minimum atomic E-state index is 0.897. The van der Waals surface area contributed by atoms with E-state index in [4.69, 9.17) is 4.42 Å². The van der Waals surface area contributed by atoms with Crippen molar-refractivity contribution in [3.05, 3.63) is 206 Å². The van der Waals surface area contributed by atoms with E-state index in [0.29, 0.717) is 0 Å². The minimum absolute atomic E-state index is 0.897. The first kappa shape index (κ1) is 31.2. The van der Waals surface area contributed by atoms with Gasteiger partial charge in [-0.05, 0) is 94.4 Å². The highest BCUT2D eigenvalue weighted by Crippen LogP contribution is 2.43. The van der Waals surface area contributed by atoms with Gasteiger partial charge in [0.05, 0.1) is 16.7 Å². The summed E-state index contributed by atoms with van der Waals surface area (Å²) in [7, 11) is 0. The van der Waals surface area contributed by atoms with Gasteiger partial charge >= 0.3 is 0 Å². The van der Waals surface area contributed by atoms with Gasteiger partial charge in [0, 0.05) is 44.0 Å². The summed E-state index contributed by atoms with van der Waals surface area (Å²) in [4.78, 5) is 2.38. The van der Waals surface area contributed by atoms with E-state index in [1.807, 2.05) is 12.1 Å². The van der Waals surface area contributed by atoms with Crippen LogP contribution in [0, 0.1) is 0 Å². The molecule has 0 aliphatic rings. The number of hydrogen-bond donors (Lipinski definition) is 0. The Morgan fingerprint density at radius 1 is 0.382 bits per heavy atom. The van der Waals surface area contributed by atoms with E-state index in [-0.39, 0.29) is 0 Å². The number of rotatable bonds is 6. The summed E-state index contributed by atoms with van der Waals surface area (Å²) in [6.07, 6.45) is 0. The molecule has 9 aromatic carbocycles. The largest absolute Gasteiger partial charge is 0.456 e. The van der Waals surface area contributed by atoms with Crippen LogP contribution in [-0.4, -0.2) is 4.57 Å². The number of fused-ring (bicyclic) bond motifs is 7. The zero-order valence-corrected chi connectivity index (χ0v) is 29.9. The molecule has 0 saturated carbocycles. The van der Waals surface area contributed by atoms with Crippen molar-refractivity contribution >= 4 is 71.6 Å². The molecule has 0 fully saturated rings. The van der Waals surface area contributed by atoms with Crippen molar-refractivity contribution in [3.8, 4) is 27.9 Å². The van der Waals surface area contributed by atoms with Gasteiger partial charge in [0.2, 0.25) is 0 Å². The molecular weight excluding hydrogens is 669 g/mol. The number of para-hydroxylation sites is 3. The van der Waals surface area contributed by atoms with Crippen molar-refractivity contribution in [2.24, 2.45) is 0 Å². The molecule has 11 rings (SSSR count). The van der Waals surface area contributed by atoms with Crippen LogP contribution in [0.2, 0.25) is 0 Å². The van der Waals surface area contributed by atoms with Crippen LogP contribution in [0.3, 0.4) is 0 Å². The van der Waals surface area contributed by atoms with Crippen molar-refractivity contribution in [3.63, 3.8) is 0 Å². The van der Waals surface area contributed by atoms with Gasteiger partial charge in [0.1, 0.15) is 11.2 Å². The van der Waals surface area contributed by atoms with Gasteiger partial charge in [0.15, 0.2) is 0 Å². The molecule has 0 amide bonds. The molecule has 0 spiro atoms. The van der Waals surface area contributed by atoms with Gasteiger partial charge in [-0.1, -0.05) is 140 Å². The third kappa shape index (κ3) is 5.13. The standard InChI is InChI=1S/C52H34N2O/c1-2-16-42-37(12-1)13-10-23-47(42)53(41-15-9-14-38(34-41)43-20-11-25-51-52(43)46-19-5-8-24-50(46)55-51)39-30-26-35(27-31-39)36-28-32-40(33-29-36)54-48-21-6-3-17-44(48)45-18-4-7-22-49(45)54/h1-34H. The molecule has 2 heterocycles. The Morgan fingerprint density at radius 2 is 0.964 bits per heavy atom. The molecule has 3 heteroatoms. The highest BCUT2D eigenvalue weighted by molar-refractivity contribution is 6.13. The third-order valence-corrected chi connectivity index (χ3v) is 11.0. The Labute approximate surface area is 318 Å². The lowest BCUT2D eigenvalue weighted by atomic mass is 9.98. The average Bonchev–Trinajstić information content (AvgIpc) is 3.81. The van der Waals surface area contributed by atoms with Crippen molar-refractivity contribution in [2.75, 3.05) is 4.90 Å². The molecule has 0 radical (unpaired) electrons. The van der Waals surface area contributed by atoms with Crippen molar-refractivity contribution < 1.29 is 4.42 Å². The molecule has 2 aromatic heterocycles. The summed E-state index contributed by atoms with van der Waals surface area (Å²) in [6.45, 7) is 0. The lowest BCUT2D eigenvalue weighted by molar-refractivity contribution is 0.669. The SMILES string of the molecule is c1cc(-c2cccc3oc4ccccc4c23)cc(N(c2ccc(-c3ccc(-n4c5ccccc5c5ccccc54)cc3)cc2)c2cccc3ccccc23)c1. The van der Waals surface area contributed by atoms with Gasteiger partial charge in [-0.2, -0.15) is 0 Å². The summed E-state index contributed by atoms with van der Waals surface area (Å²) < 4.78 is 8.64. The number of anilines is 3. The second kappa shape index (κ2) is 12.6. The molecule has 0 saturated heterocycles. The van der Waals surface area contributed by atoms with Crippen molar-refractivity contribution in [1.29, 1.82) is 0 Å². The fourth-order valence-corrected chi connectivity index (χ4v) is 8.46. The number of furan rings is 1. The van der Waals surface area contributed by atoms with Gasteiger partial charge in [-0.25, -0.2) is 0 Å². The lowest BCUT2D eigenvalue weighted by Crippen LogP contribution is -2.10. The van der Waals surface area contributed by atoms with Crippen LogP contribution >= 0.6 is 0 Å². The first-order valence-corrected chi connectivity index (χ1v) is 18.8. The topological polar surface area (TPSA) is 21.3 Å². The van der Waals surface area contributed by atoms with Gasteiger partial charge in [0.25, 0.3) is 0 Å². The van der Waals surface area contributed by atoms with E-state index in [1.165, 1.54) is 43.7 Å². The number of aromatic nitrogens is 1. The Morgan fingerprint density at radius 3 is 1.73 bits per heavy atom. The first-order valence-electron chi connectivity index (χ1n) is 18.8. The number of nitrogens with zero attached hydrogens (tertiary/aromatic N) is 2. The highest BCUT2D eigenvalue weighted by Gasteiger charge is 2.18. The normalized spacial score (nSPS) is 11.6. The fourth-order valence-electron chi connectivity index (χ4n) is 8.46. The predicted molar refractivity (Wildman–Crippen MR) is 231 cm³/mol.